The Morgan fingerprint density at radius 2 is 1.95 bits per heavy atom. The summed E-state index contributed by atoms with van der Waals surface area (Å²) in [5.41, 5.74) is 1.20. The van der Waals surface area contributed by atoms with Crippen molar-refractivity contribution in [3.05, 3.63) is 33.8 Å². The molecular formula is C15H21Cl2NO. The monoisotopic (exact) mass is 301 g/mol. The van der Waals surface area contributed by atoms with Gasteiger partial charge in [0.05, 0.1) is 6.61 Å². The fraction of sp³-hybridized carbons (Fsp3) is 0.600. The molecule has 0 atom stereocenters. The van der Waals surface area contributed by atoms with Crippen LogP contribution in [0.1, 0.15) is 25.3 Å². The number of methoxy groups -OCH3 is 1. The normalized spacial score (nSPS) is 26.2. The first-order valence-electron chi connectivity index (χ1n) is 6.73. The first kappa shape index (κ1) is 15.1. The predicted molar refractivity (Wildman–Crippen MR) is 81.3 cm³/mol. The summed E-state index contributed by atoms with van der Waals surface area (Å²) in [6.07, 6.45) is 2.27. The van der Waals surface area contributed by atoms with Gasteiger partial charge in [0.2, 0.25) is 0 Å². The molecule has 0 spiro atoms. The Hall–Kier alpha value is -0.280. The Labute approximate surface area is 125 Å². The Morgan fingerprint density at radius 1 is 1.32 bits per heavy atom. The molecule has 2 rings (SSSR count). The lowest BCUT2D eigenvalue weighted by atomic mass is 9.59. The zero-order valence-corrected chi connectivity index (χ0v) is 13.0. The molecule has 0 bridgehead atoms. The molecule has 1 aromatic rings. The topological polar surface area (TPSA) is 21.3 Å². The van der Waals surface area contributed by atoms with Crippen molar-refractivity contribution in [3.63, 3.8) is 0 Å². The molecule has 19 heavy (non-hydrogen) atoms. The van der Waals surface area contributed by atoms with Crippen molar-refractivity contribution in [1.82, 2.24) is 5.32 Å². The molecule has 0 aromatic heterocycles. The summed E-state index contributed by atoms with van der Waals surface area (Å²) in [4.78, 5) is 0. The van der Waals surface area contributed by atoms with Gasteiger partial charge in [0.25, 0.3) is 0 Å². The lowest BCUT2D eigenvalue weighted by Crippen LogP contribution is -2.48. The standard InChI is InChI=1S/C15H21Cl2NO/c1-11-8-15(9-11,10-18-6-7-19-2)14-12(16)4-3-5-13(14)17/h3-5,11,18H,6-10H2,1-2H3. The van der Waals surface area contributed by atoms with Gasteiger partial charge in [0.15, 0.2) is 0 Å². The first-order chi connectivity index (χ1) is 9.09. The molecule has 1 saturated carbocycles. The van der Waals surface area contributed by atoms with Crippen molar-refractivity contribution in [2.45, 2.75) is 25.2 Å². The van der Waals surface area contributed by atoms with Gasteiger partial charge in [-0.25, -0.2) is 0 Å². The summed E-state index contributed by atoms with van der Waals surface area (Å²) in [5.74, 6) is 0.733. The summed E-state index contributed by atoms with van der Waals surface area (Å²) in [7, 11) is 1.72. The van der Waals surface area contributed by atoms with Crippen LogP contribution >= 0.6 is 23.2 Å². The molecule has 0 saturated heterocycles. The number of ether oxygens (including phenoxy) is 1. The predicted octanol–water partition coefficient (Wildman–Crippen LogP) is 3.90. The van der Waals surface area contributed by atoms with E-state index in [2.05, 4.69) is 12.2 Å². The molecule has 0 heterocycles. The first-order valence-corrected chi connectivity index (χ1v) is 7.49. The van der Waals surface area contributed by atoms with Crippen LogP contribution in [0.15, 0.2) is 18.2 Å². The van der Waals surface area contributed by atoms with Crippen LogP contribution in [-0.2, 0) is 10.2 Å². The molecule has 1 aliphatic rings. The van der Waals surface area contributed by atoms with Crippen LogP contribution in [0.25, 0.3) is 0 Å². The van der Waals surface area contributed by atoms with E-state index in [4.69, 9.17) is 27.9 Å². The third-order valence-corrected chi connectivity index (χ3v) is 4.55. The van der Waals surface area contributed by atoms with Crippen LogP contribution in [0.2, 0.25) is 10.0 Å². The van der Waals surface area contributed by atoms with Crippen molar-refractivity contribution in [2.24, 2.45) is 5.92 Å². The van der Waals surface area contributed by atoms with Gasteiger partial charge in [-0.1, -0.05) is 36.2 Å². The summed E-state index contributed by atoms with van der Waals surface area (Å²) < 4.78 is 5.07. The molecule has 1 aromatic carbocycles. The number of hydrogen-bond donors (Lipinski definition) is 1. The molecule has 2 nitrogen and oxygen atoms in total. The number of nitrogens with one attached hydrogen (secondary N) is 1. The number of hydrogen-bond acceptors (Lipinski definition) is 2. The Kier molecular flexibility index (Phi) is 5.13. The summed E-state index contributed by atoms with van der Waals surface area (Å²) in [6.45, 7) is 4.76. The lowest BCUT2D eigenvalue weighted by Gasteiger charge is -2.48. The van der Waals surface area contributed by atoms with Gasteiger partial charge >= 0.3 is 0 Å². The van der Waals surface area contributed by atoms with Crippen LogP contribution in [-0.4, -0.2) is 26.8 Å². The van der Waals surface area contributed by atoms with E-state index < -0.39 is 0 Å². The van der Waals surface area contributed by atoms with Crippen molar-refractivity contribution in [3.8, 4) is 0 Å². The molecule has 0 radical (unpaired) electrons. The van der Waals surface area contributed by atoms with Gasteiger partial charge in [0.1, 0.15) is 0 Å². The van der Waals surface area contributed by atoms with E-state index in [0.29, 0.717) is 0 Å². The van der Waals surface area contributed by atoms with Gasteiger partial charge in [-0.15, -0.1) is 0 Å². The number of benzene rings is 1. The average molecular weight is 302 g/mol. The minimum absolute atomic E-state index is 0.0859. The minimum Gasteiger partial charge on any atom is -0.383 e. The minimum atomic E-state index is 0.0859. The third kappa shape index (κ3) is 3.25. The van der Waals surface area contributed by atoms with Crippen LogP contribution in [0.4, 0.5) is 0 Å². The quantitative estimate of drug-likeness (QED) is 0.805. The lowest BCUT2D eigenvalue weighted by molar-refractivity contribution is 0.144. The second-order valence-corrected chi connectivity index (χ2v) is 6.37. The van der Waals surface area contributed by atoms with E-state index in [1.165, 1.54) is 0 Å². The van der Waals surface area contributed by atoms with E-state index in [1.807, 2.05) is 18.2 Å². The van der Waals surface area contributed by atoms with Crippen LogP contribution < -0.4 is 5.32 Å². The molecule has 0 aliphatic heterocycles. The van der Waals surface area contributed by atoms with Crippen molar-refractivity contribution in [1.29, 1.82) is 0 Å². The maximum Gasteiger partial charge on any atom is 0.0587 e. The van der Waals surface area contributed by atoms with E-state index >= 15 is 0 Å². The van der Waals surface area contributed by atoms with Crippen molar-refractivity contribution in [2.75, 3.05) is 26.8 Å². The largest absolute Gasteiger partial charge is 0.383 e. The molecule has 1 N–H and O–H groups in total. The van der Waals surface area contributed by atoms with E-state index in [0.717, 1.165) is 54.1 Å². The highest BCUT2D eigenvalue weighted by atomic mass is 35.5. The van der Waals surface area contributed by atoms with Crippen molar-refractivity contribution < 1.29 is 4.74 Å². The maximum atomic E-state index is 6.38. The maximum absolute atomic E-state index is 6.38. The number of rotatable bonds is 6. The summed E-state index contributed by atoms with van der Waals surface area (Å²) >= 11 is 12.8. The highest BCUT2D eigenvalue weighted by Gasteiger charge is 2.45. The second-order valence-electron chi connectivity index (χ2n) is 5.56. The van der Waals surface area contributed by atoms with Gasteiger partial charge in [-0.3, -0.25) is 0 Å². The Bertz CT molecular complexity index is 410. The smallest absolute Gasteiger partial charge is 0.0587 e. The fourth-order valence-corrected chi connectivity index (χ4v) is 4.02. The molecule has 106 valence electrons. The van der Waals surface area contributed by atoms with Gasteiger partial charge in [-0.2, -0.15) is 0 Å². The molecule has 4 heteroatoms. The van der Waals surface area contributed by atoms with Crippen LogP contribution in [0.5, 0.6) is 0 Å². The number of halogens is 2. The summed E-state index contributed by atoms with van der Waals surface area (Å²) in [6, 6.07) is 5.77. The Balaban J connectivity index is 2.15. The fourth-order valence-electron chi connectivity index (χ4n) is 3.22. The SMILES string of the molecule is COCCNCC1(c2c(Cl)cccc2Cl)CC(C)C1. The van der Waals surface area contributed by atoms with E-state index in [-0.39, 0.29) is 5.41 Å². The molecular weight excluding hydrogens is 281 g/mol. The van der Waals surface area contributed by atoms with Crippen molar-refractivity contribution >= 4 is 23.2 Å². The molecule has 1 fully saturated rings. The molecule has 1 aliphatic carbocycles. The molecule has 0 unspecified atom stereocenters. The highest BCUT2D eigenvalue weighted by molar-refractivity contribution is 6.36. The second kappa shape index (κ2) is 6.45. The van der Waals surface area contributed by atoms with Gasteiger partial charge < -0.3 is 10.1 Å². The third-order valence-electron chi connectivity index (χ3n) is 3.92. The van der Waals surface area contributed by atoms with Crippen LogP contribution in [0, 0.1) is 5.92 Å². The summed E-state index contributed by atoms with van der Waals surface area (Å²) in [5, 5.41) is 5.03. The zero-order valence-electron chi connectivity index (χ0n) is 11.5. The van der Waals surface area contributed by atoms with Gasteiger partial charge in [0, 0.05) is 35.7 Å². The zero-order chi connectivity index (χ0) is 13.9. The van der Waals surface area contributed by atoms with Crippen LogP contribution in [0.3, 0.4) is 0 Å². The Morgan fingerprint density at radius 3 is 2.47 bits per heavy atom. The average Bonchev–Trinajstić information content (AvgIpc) is 2.32. The van der Waals surface area contributed by atoms with Gasteiger partial charge in [-0.05, 0) is 36.5 Å². The van der Waals surface area contributed by atoms with E-state index in [1.54, 1.807) is 7.11 Å². The van der Waals surface area contributed by atoms with E-state index in [9.17, 15) is 0 Å². The molecule has 0 amide bonds. The highest BCUT2D eigenvalue weighted by Crippen LogP contribution is 2.51.